The molecule has 82 heavy (non-hydrogen) atoms. The molecule has 0 aliphatic rings. The SMILES string of the molecule is CC/C=C\C/C=C\C/C=C\C/C=C\C/C=C\C/C=C\C/C=C\C/C=C\CCCCCCC(=O)OCC(COC(=O)CCCCCCC/C=C\CCCCCCC)OC(=O)CCCCCCCCCC/C=C\C/C=C\C/C=C\C/C=C\CC. The van der Waals surface area contributed by atoms with Gasteiger partial charge in [0.25, 0.3) is 0 Å². The van der Waals surface area contributed by atoms with Gasteiger partial charge in [0.15, 0.2) is 6.10 Å². The molecular weight excluding hydrogens is 1010 g/mol. The summed E-state index contributed by atoms with van der Waals surface area (Å²) in [5.41, 5.74) is 0. The molecule has 0 bridgehead atoms. The molecule has 0 aromatic carbocycles. The van der Waals surface area contributed by atoms with Crippen molar-refractivity contribution >= 4 is 17.9 Å². The number of hydrogen-bond donors (Lipinski definition) is 0. The van der Waals surface area contributed by atoms with Gasteiger partial charge in [0.1, 0.15) is 13.2 Å². The van der Waals surface area contributed by atoms with Crippen LogP contribution in [-0.4, -0.2) is 37.2 Å². The molecule has 6 nitrogen and oxygen atoms in total. The van der Waals surface area contributed by atoms with E-state index in [1.165, 1.54) is 77.0 Å². The van der Waals surface area contributed by atoms with Gasteiger partial charge >= 0.3 is 17.9 Å². The Morgan fingerprint density at radius 3 is 0.756 bits per heavy atom. The molecule has 0 amide bonds. The van der Waals surface area contributed by atoms with Crippen LogP contribution in [0.3, 0.4) is 0 Å². The highest BCUT2D eigenvalue weighted by molar-refractivity contribution is 5.71. The van der Waals surface area contributed by atoms with Crippen molar-refractivity contribution in [1.82, 2.24) is 0 Å². The van der Waals surface area contributed by atoms with Gasteiger partial charge in [-0.2, -0.15) is 0 Å². The maximum atomic E-state index is 12.9. The van der Waals surface area contributed by atoms with Gasteiger partial charge in [-0.1, -0.05) is 275 Å². The molecule has 1 unspecified atom stereocenters. The molecule has 0 heterocycles. The quantitative estimate of drug-likeness (QED) is 0.0261. The zero-order chi connectivity index (χ0) is 59.2. The van der Waals surface area contributed by atoms with Gasteiger partial charge in [-0.3, -0.25) is 14.4 Å². The first-order valence-corrected chi connectivity index (χ1v) is 33.5. The van der Waals surface area contributed by atoms with E-state index in [-0.39, 0.29) is 31.1 Å². The number of carbonyl (C=O) groups excluding carboxylic acids is 3. The molecule has 0 saturated carbocycles. The van der Waals surface area contributed by atoms with Crippen LogP contribution in [0.5, 0.6) is 0 Å². The van der Waals surface area contributed by atoms with Crippen molar-refractivity contribution in [2.24, 2.45) is 0 Å². The second-order valence-electron chi connectivity index (χ2n) is 21.6. The number of unbranched alkanes of at least 4 members (excludes halogenated alkanes) is 22. The average Bonchev–Trinajstić information content (AvgIpc) is 3.47. The number of carbonyl (C=O) groups is 3. The highest BCUT2D eigenvalue weighted by atomic mass is 16.6. The fourth-order valence-corrected chi connectivity index (χ4v) is 8.80. The summed E-state index contributed by atoms with van der Waals surface area (Å²) in [6.07, 6.45) is 99.6. The van der Waals surface area contributed by atoms with Crippen LogP contribution in [-0.2, 0) is 28.6 Å². The minimum Gasteiger partial charge on any atom is -0.462 e. The maximum absolute atomic E-state index is 12.9. The number of ether oxygens (including phenoxy) is 3. The second-order valence-corrected chi connectivity index (χ2v) is 21.6. The standard InChI is InChI=1S/C76H122O6/c1-4-7-10-13-16-19-22-25-28-30-32-34-35-36-37-38-39-40-41-43-44-46-48-51-54-57-60-63-66-69-75(78)81-72-73(71-80-74(77)68-65-62-59-56-53-50-27-24-21-18-15-12-9-6-3)82-76(79)70-67-64-61-58-55-52-49-47-45-42-33-31-29-26-23-20-17-14-11-8-5-2/h7-8,10-11,16-17,19-20,24-29,32-34,36-37,39-40,42-44,48,51,73H,4-6,9,12-15,18,21-23,30-31,35,38,41,45-47,49-50,52-72H2,1-3H3/b10-7-,11-8-,19-16-,20-17-,27-24-,28-25-,29-26-,34-32-,37-36-,40-39-,42-33-,44-43-,51-48-. The van der Waals surface area contributed by atoms with E-state index < -0.39 is 6.10 Å². The van der Waals surface area contributed by atoms with Crippen molar-refractivity contribution in [3.05, 3.63) is 158 Å². The lowest BCUT2D eigenvalue weighted by atomic mass is 10.1. The molecule has 0 rings (SSSR count). The Kier molecular flexibility index (Phi) is 64.4. The molecule has 6 heteroatoms. The number of esters is 3. The summed E-state index contributed by atoms with van der Waals surface area (Å²) >= 11 is 0. The van der Waals surface area contributed by atoms with Gasteiger partial charge < -0.3 is 14.2 Å². The van der Waals surface area contributed by atoms with Gasteiger partial charge in [-0.05, 0) is 148 Å². The van der Waals surface area contributed by atoms with Crippen LogP contribution < -0.4 is 0 Å². The van der Waals surface area contributed by atoms with Crippen LogP contribution in [0, 0.1) is 0 Å². The van der Waals surface area contributed by atoms with Crippen molar-refractivity contribution in [2.45, 2.75) is 290 Å². The summed E-state index contributed by atoms with van der Waals surface area (Å²) in [7, 11) is 0. The topological polar surface area (TPSA) is 78.9 Å². The van der Waals surface area contributed by atoms with Crippen LogP contribution in [0.1, 0.15) is 284 Å². The van der Waals surface area contributed by atoms with Crippen LogP contribution >= 0.6 is 0 Å². The fourth-order valence-electron chi connectivity index (χ4n) is 8.80. The Balaban J connectivity index is 4.44. The molecule has 0 saturated heterocycles. The van der Waals surface area contributed by atoms with E-state index in [1.54, 1.807) is 0 Å². The second kappa shape index (κ2) is 68.5. The highest BCUT2D eigenvalue weighted by Gasteiger charge is 2.19. The normalized spacial score (nSPS) is 13.2. The van der Waals surface area contributed by atoms with Gasteiger partial charge in [-0.15, -0.1) is 0 Å². The first-order chi connectivity index (χ1) is 40.5. The Hall–Kier alpha value is -4.97. The Bertz CT molecular complexity index is 1830. The third kappa shape index (κ3) is 65.8. The lowest BCUT2D eigenvalue weighted by molar-refractivity contribution is -0.167. The molecule has 0 aliphatic heterocycles. The molecule has 0 aliphatic carbocycles. The van der Waals surface area contributed by atoms with E-state index >= 15 is 0 Å². The fraction of sp³-hybridized carbons (Fsp3) is 0.618. The van der Waals surface area contributed by atoms with Crippen LogP contribution in [0.4, 0.5) is 0 Å². The molecule has 0 aromatic rings. The van der Waals surface area contributed by atoms with Crippen LogP contribution in [0.2, 0.25) is 0 Å². The molecule has 0 aromatic heterocycles. The van der Waals surface area contributed by atoms with E-state index in [4.69, 9.17) is 14.2 Å². The third-order valence-corrected chi connectivity index (χ3v) is 13.7. The van der Waals surface area contributed by atoms with Gasteiger partial charge in [0, 0.05) is 19.3 Å². The Labute approximate surface area is 505 Å². The molecule has 0 spiro atoms. The molecule has 462 valence electrons. The summed E-state index contributed by atoms with van der Waals surface area (Å²) in [6.45, 7) is 6.37. The zero-order valence-electron chi connectivity index (χ0n) is 52.9. The Morgan fingerprint density at radius 1 is 0.256 bits per heavy atom. The summed E-state index contributed by atoms with van der Waals surface area (Å²) in [4.78, 5) is 38.4. The van der Waals surface area contributed by atoms with Crippen molar-refractivity contribution in [1.29, 1.82) is 0 Å². The minimum absolute atomic E-state index is 0.0993. The molecular formula is C76H122O6. The maximum Gasteiger partial charge on any atom is 0.306 e. The molecule has 0 fully saturated rings. The first kappa shape index (κ1) is 77.0. The van der Waals surface area contributed by atoms with Crippen molar-refractivity contribution < 1.29 is 28.6 Å². The molecule has 0 N–H and O–H groups in total. The van der Waals surface area contributed by atoms with E-state index in [0.717, 1.165) is 167 Å². The van der Waals surface area contributed by atoms with Crippen molar-refractivity contribution in [2.75, 3.05) is 13.2 Å². The lowest BCUT2D eigenvalue weighted by Gasteiger charge is -2.18. The van der Waals surface area contributed by atoms with Crippen LogP contribution in [0.25, 0.3) is 0 Å². The monoisotopic (exact) mass is 1130 g/mol. The summed E-state index contributed by atoms with van der Waals surface area (Å²) in [6, 6.07) is 0. The zero-order valence-corrected chi connectivity index (χ0v) is 52.9. The first-order valence-electron chi connectivity index (χ1n) is 33.5. The van der Waals surface area contributed by atoms with Crippen LogP contribution in [0.15, 0.2) is 158 Å². The van der Waals surface area contributed by atoms with Crippen molar-refractivity contribution in [3.63, 3.8) is 0 Å². The molecule has 0 radical (unpaired) electrons. The summed E-state index contributed by atoms with van der Waals surface area (Å²) in [5, 5.41) is 0. The lowest BCUT2D eigenvalue weighted by Crippen LogP contribution is -2.30. The van der Waals surface area contributed by atoms with Gasteiger partial charge in [-0.25, -0.2) is 0 Å². The minimum atomic E-state index is -0.806. The van der Waals surface area contributed by atoms with E-state index in [2.05, 4.69) is 179 Å². The summed E-state index contributed by atoms with van der Waals surface area (Å²) in [5.74, 6) is -0.941. The van der Waals surface area contributed by atoms with Crippen molar-refractivity contribution in [3.8, 4) is 0 Å². The van der Waals surface area contributed by atoms with E-state index in [0.29, 0.717) is 19.3 Å². The van der Waals surface area contributed by atoms with E-state index in [9.17, 15) is 14.4 Å². The number of allylic oxidation sites excluding steroid dienone is 26. The third-order valence-electron chi connectivity index (χ3n) is 13.7. The number of hydrogen-bond acceptors (Lipinski definition) is 6. The Morgan fingerprint density at radius 2 is 0.476 bits per heavy atom. The van der Waals surface area contributed by atoms with Gasteiger partial charge in [0.05, 0.1) is 0 Å². The largest absolute Gasteiger partial charge is 0.462 e. The number of rotatable bonds is 59. The van der Waals surface area contributed by atoms with E-state index in [1.807, 2.05) is 0 Å². The average molecular weight is 1130 g/mol. The predicted octanol–water partition coefficient (Wildman–Crippen LogP) is 23.3. The smallest absolute Gasteiger partial charge is 0.306 e. The predicted molar refractivity (Wildman–Crippen MR) is 357 cm³/mol. The van der Waals surface area contributed by atoms with Gasteiger partial charge in [0.2, 0.25) is 0 Å². The molecule has 1 atom stereocenters. The highest BCUT2D eigenvalue weighted by Crippen LogP contribution is 2.15. The summed E-state index contributed by atoms with van der Waals surface area (Å²) < 4.78 is 16.9.